The van der Waals surface area contributed by atoms with Gasteiger partial charge in [-0.2, -0.15) is 0 Å². The normalized spacial score (nSPS) is 16.9. The summed E-state index contributed by atoms with van der Waals surface area (Å²) in [6.45, 7) is 3.20. The van der Waals surface area contributed by atoms with Crippen LogP contribution < -0.4 is 10.7 Å². The molecule has 20 heavy (non-hydrogen) atoms. The number of piperazine rings is 1. The van der Waals surface area contributed by atoms with Crippen molar-refractivity contribution in [3.05, 3.63) is 35.9 Å². The summed E-state index contributed by atoms with van der Waals surface area (Å²) in [5.74, 6) is -1.75. The predicted octanol–water partition coefficient (Wildman–Crippen LogP) is 0.0686. The third-order valence-electron chi connectivity index (χ3n) is 3.40. The molecule has 2 N–H and O–H groups in total. The molecule has 0 radical (unpaired) electrons. The Morgan fingerprint density at radius 1 is 1.20 bits per heavy atom. The van der Waals surface area contributed by atoms with Crippen LogP contribution in [0.3, 0.4) is 0 Å². The first-order valence-electron chi connectivity index (χ1n) is 6.65. The van der Waals surface area contributed by atoms with Crippen LogP contribution in [-0.4, -0.2) is 51.3 Å². The van der Waals surface area contributed by atoms with Crippen molar-refractivity contribution in [2.45, 2.75) is 5.79 Å². The van der Waals surface area contributed by atoms with Crippen LogP contribution >= 0.6 is 0 Å². The van der Waals surface area contributed by atoms with Crippen LogP contribution in [0, 0.1) is 0 Å². The number of rotatable bonds is 5. The lowest BCUT2D eigenvalue weighted by atomic mass is 10.1. The van der Waals surface area contributed by atoms with Gasteiger partial charge in [-0.3, -0.25) is 10.2 Å². The van der Waals surface area contributed by atoms with Crippen LogP contribution in [0.15, 0.2) is 30.3 Å². The molecule has 110 valence electrons. The van der Waals surface area contributed by atoms with Crippen LogP contribution in [0.1, 0.15) is 5.56 Å². The van der Waals surface area contributed by atoms with Crippen molar-refractivity contribution in [1.82, 2.24) is 15.8 Å². The Balaban J connectivity index is 2.16. The number of carbonyl (C=O) groups is 1. The molecule has 1 aliphatic rings. The maximum absolute atomic E-state index is 12.6. The molecular weight excluding hydrogens is 258 g/mol. The largest absolute Gasteiger partial charge is 0.342 e. The van der Waals surface area contributed by atoms with Crippen LogP contribution in [0.4, 0.5) is 0 Å². The molecular formula is C14H21N3O3. The number of benzene rings is 1. The Hall–Kier alpha value is -1.47. The number of nitrogens with one attached hydrogen (secondary N) is 2. The average Bonchev–Trinajstić information content (AvgIpc) is 2.51. The summed E-state index contributed by atoms with van der Waals surface area (Å²) in [4.78, 5) is 12.6. The van der Waals surface area contributed by atoms with Gasteiger partial charge in [-0.15, -0.1) is 0 Å². The Kier molecular flexibility index (Phi) is 5.08. The second-order valence-corrected chi connectivity index (χ2v) is 4.57. The van der Waals surface area contributed by atoms with Crippen LogP contribution in [0.5, 0.6) is 0 Å². The fraction of sp³-hybridized carbons (Fsp3) is 0.500. The minimum Gasteiger partial charge on any atom is -0.342 e. The average molecular weight is 279 g/mol. The number of hydrogen-bond donors (Lipinski definition) is 2. The number of nitrogens with zero attached hydrogens (tertiary/aromatic N) is 1. The summed E-state index contributed by atoms with van der Waals surface area (Å²) in [7, 11) is 2.93. The van der Waals surface area contributed by atoms with Gasteiger partial charge in [0.05, 0.1) is 0 Å². The molecule has 1 amide bonds. The minimum absolute atomic E-state index is 0.324. The van der Waals surface area contributed by atoms with Gasteiger partial charge in [0.2, 0.25) is 0 Å². The molecule has 6 nitrogen and oxygen atoms in total. The highest BCUT2D eigenvalue weighted by Crippen LogP contribution is 2.26. The highest BCUT2D eigenvalue weighted by molar-refractivity contribution is 5.84. The third-order valence-corrected chi connectivity index (χ3v) is 3.40. The first kappa shape index (κ1) is 14.9. The quantitative estimate of drug-likeness (QED) is 0.747. The second kappa shape index (κ2) is 6.81. The van der Waals surface area contributed by atoms with Gasteiger partial charge in [0.15, 0.2) is 0 Å². The molecule has 6 heteroatoms. The molecule has 0 bridgehead atoms. The SMILES string of the molecule is COC(OC)(C(=O)NN1CCNCC1)c1ccccc1. The highest BCUT2D eigenvalue weighted by Gasteiger charge is 2.42. The molecule has 0 spiro atoms. The summed E-state index contributed by atoms with van der Waals surface area (Å²) in [5.41, 5.74) is 3.53. The van der Waals surface area contributed by atoms with Gasteiger partial charge < -0.3 is 14.8 Å². The molecule has 1 aromatic rings. The van der Waals surface area contributed by atoms with Crippen molar-refractivity contribution < 1.29 is 14.3 Å². The second-order valence-electron chi connectivity index (χ2n) is 4.57. The number of ether oxygens (including phenoxy) is 2. The van der Waals surface area contributed by atoms with E-state index in [0.717, 1.165) is 26.2 Å². The molecule has 2 rings (SSSR count). The van der Waals surface area contributed by atoms with Gasteiger partial charge in [0.25, 0.3) is 11.7 Å². The van der Waals surface area contributed by atoms with E-state index in [0.29, 0.717) is 5.56 Å². The van der Waals surface area contributed by atoms with Gasteiger partial charge in [-0.05, 0) is 0 Å². The summed E-state index contributed by atoms with van der Waals surface area (Å²) in [6, 6.07) is 9.20. The van der Waals surface area contributed by atoms with Gasteiger partial charge >= 0.3 is 0 Å². The topological polar surface area (TPSA) is 62.8 Å². The first-order valence-corrected chi connectivity index (χ1v) is 6.65. The van der Waals surface area contributed by atoms with E-state index < -0.39 is 5.79 Å². The number of carbonyl (C=O) groups excluding carboxylic acids is 1. The maximum Gasteiger partial charge on any atom is 0.299 e. The van der Waals surface area contributed by atoms with E-state index in [1.54, 1.807) is 0 Å². The minimum atomic E-state index is -1.42. The van der Waals surface area contributed by atoms with Crippen molar-refractivity contribution in [1.29, 1.82) is 0 Å². The van der Waals surface area contributed by atoms with Gasteiger partial charge in [-0.1, -0.05) is 30.3 Å². The lowest BCUT2D eigenvalue weighted by Crippen LogP contribution is -2.57. The van der Waals surface area contributed by atoms with Crippen LogP contribution in [-0.2, 0) is 20.1 Å². The smallest absolute Gasteiger partial charge is 0.299 e. The molecule has 0 atom stereocenters. The van der Waals surface area contributed by atoms with Gasteiger partial charge in [0.1, 0.15) is 0 Å². The van der Waals surface area contributed by atoms with Crippen LogP contribution in [0.25, 0.3) is 0 Å². The van der Waals surface area contributed by atoms with Crippen molar-refractivity contribution in [2.24, 2.45) is 0 Å². The standard InChI is InChI=1S/C14H21N3O3/c1-19-14(20-2,12-6-4-3-5-7-12)13(18)16-17-10-8-15-9-11-17/h3-7,15H,8-11H2,1-2H3,(H,16,18). The Bertz CT molecular complexity index is 429. The van der Waals surface area contributed by atoms with E-state index in [9.17, 15) is 4.79 Å². The summed E-state index contributed by atoms with van der Waals surface area (Å²) >= 11 is 0. The molecule has 1 heterocycles. The number of amides is 1. The van der Waals surface area contributed by atoms with Crippen LogP contribution in [0.2, 0.25) is 0 Å². The van der Waals surface area contributed by atoms with E-state index in [2.05, 4.69) is 10.7 Å². The molecule has 1 aromatic carbocycles. The highest BCUT2D eigenvalue weighted by atomic mass is 16.7. The first-order chi connectivity index (χ1) is 9.73. The molecule has 0 saturated carbocycles. The zero-order chi connectivity index (χ0) is 14.4. The summed E-state index contributed by atoms with van der Waals surface area (Å²) in [6.07, 6.45) is 0. The monoisotopic (exact) mass is 279 g/mol. The molecule has 1 aliphatic heterocycles. The Labute approximate surface area is 119 Å². The fourth-order valence-electron chi connectivity index (χ4n) is 2.29. The third kappa shape index (κ3) is 2.99. The molecule has 0 unspecified atom stereocenters. The molecule has 0 aromatic heterocycles. The fourth-order valence-corrected chi connectivity index (χ4v) is 2.29. The molecule has 1 saturated heterocycles. The summed E-state index contributed by atoms with van der Waals surface area (Å²) in [5, 5.41) is 5.10. The van der Waals surface area contributed by atoms with Gasteiger partial charge in [0, 0.05) is 46.0 Å². The number of hydrogen-bond acceptors (Lipinski definition) is 5. The van der Waals surface area contributed by atoms with Crippen molar-refractivity contribution in [3.8, 4) is 0 Å². The van der Waals surface area contributed by atoms with Crippen molar-refractivity contribution in [2.75, 3.05) is 40.4 Å². The molecule has 1 fully saturated rings. The van der Waals surface area contributed by atoms with E-state index in [1.165, 1.54) is 14.2 Å². The van der Waals surface area contributed by atoms with E-state index >= 15 is 0 Å². The number of methoxy groups -OCH3 is 2. The maximum atomic E-state index is 12.6. The van der Waals surface area contributed by atoms with Crippen molar-refractivity contribution in [3.63, 3.8) is 0 Å². The summed E-state index contributed by atoms with van der Waals surface area (Å²) < 4.78 is 10.8. The van der Waals surface area contributed by atoms with Gasteiger partial charge in [-0.25, -0.2) is 5.01 Å². The lowest BCUT2D eigenvalue weighted by Gasteiger charge is -2.34. The number of hydrazine groups is 1. The Morgan fingerprint density at radius 2 is 1.80 bits per heavy atom. The zero-order valence-electron chi connectivity index (χ0n) is 11.9. The zero-order valence-corrected chi connectivity index (χ0v) is 11.9. The van der Waals surface area contributed by atoms with E-state index in [-0.39, 0.29) is 5.91 Å². The predicted molar refractivity (Wildman–Crippen MR) is 74.7 cm³/mol. The lowest BCUT2D eigenvalue weighted by molar-refractivity contribution is -0.219. The van der Waals surface area contributed by atoms with E-state index in [1.807, 2.05) is 35.3 Å². The van der Waals surface area contributed by atoms with Crippen molar-refractivity contribution >= 4 is 5.91 Å². The van der Waals surface area contributed by atoms with E-state index in [4.69, 9.17) is 9.47 Å². The Morgan fingerprint density at radius 3 is 2.35 bits per heavy atom. The molecule has 0 aliphatic carbocycles.